The van der Waals surface area contributed by atoms with E-state index in [4.69, 9.17) is 0 Å². The third-order valence-electron chi connectivity index (χ3n) is 4.88. The Kier molecular flexibility index (Phi) is 3.96. The number of halogens is 1. The lowest BCUT2D eigenvalue weighted by atomic mass is 10.1. The molecule has 2 fully saturated rings. The number of hydrogen-bond acceptors (Lipinski definition) is 4. The maximum atomic E-state index is 13.2. The van der Waals surface area contributed by atoms with Gasteiger partial charge in [0.05, 0.1) is 16.1 Å². The molecule has 1 atom stereocenters. The summed E-state index contributed by atoms with van der Waals surface area (Å²) in [6.07, 6.45) is 4.68. The van der Waals surface area contributed by atoms with Crippen molar-refractivity contribution in [3.63, 3.8) is 0 Å². The standard InChI is InChI=1S/C17H18FN3O2S/c18-11-5-6-13-14(8-11)24-17(19-13)20-16(23)10-7-15(22)21(9-10)12-3-1-2-4-12/h5-6,8,10,12H,1-4,7,9H2,(H,19,20,23)/t10-/m1/s1. The number of fused-ring (bicyclic) bond motifs is 1. The first-order valence-corrected chi connectivity index (χ1v) is 9.08. The molecule has 2 aromatic rings. The average Bonchev–Trinajstić information content (AvgIpc) is 3.25. The Morgan fingerprint density at radius 3 is 2.92 bits per heavy atom. The molecule has 1 aliphatic heterocycles. The molecule has 0 spiro atoms. The maximum absolute atomic E-state index is 13.2. The van der Waals surface area contributed by atoms with Gasteiger partial charge in [0.15, 0.2) is 5.13 Å². The third-order valence-corrected chi connectivity index (χ3v) is 5.81. The Bertz CT molecular complexity index is 800. The first-order valence-electron chi connectivity index (χ1n) is 8.26. The summed E-state index contributed by atoms with van der Waals surface area (Å²) in [5.41, 5.74) is 0.659. The molecule has 2 amide bonds. The molecule has 2 heterocycles. The second-order valence-corrected chi connectivity index (χ2v) is 7.54. The molecule has 0 radical (unpaired) electrons. The summed E-state index contributed by atoms with van der Waals surface area (Å²) in [6.45, 7) is 0.495. The summed E-state index contributed by atoms with van der Waals surface area (Å²) in [4.78, 5) is 30.8. The predicted octanol–water partition coefficient (Wildman–Crippen LogP) is 3.17. The zero-order valence-corrected chi connectivity index (χ0v) is 13.9. The van der Waals surface area contributed by atoms with E-state index in [2.05, 4.69) is 10.3 Å². The summed E-state index contributed by atoms with van der Waals surface area (Å²) in [5, 5.41) is 3.24. The minimum Gasteiger partial charge on any atom is -0.339 e. The van der Waals surface area contributed by atoms with Crippen LogP contribution in [0.2, 0.25) is 0 Å². The second kappa shape index (κ2) is 6.12. The first kappa shape index (κ1) is 15.5. The topological polar surface area (TPSA) is 62.3 Å². The fourth-order valence-electron chi connectivity index (χ4n) is 3.64. The second-order valence-electron chi connectivity index (χ2n) is 6.51. The monoisotopic (exact) mass is 347 g/mol. The molecule has 7 heteroatoms. The van der Waals surface area contributed by atoms with Crippen molar-refractivity contribution in [3.05, 3.63) is 24.0 Å². The average molecular weight is 347 g/mol. The van der Waals surface area contributed by atoms with Crippen molar-refractivity contribution in [2.45, 2.75) is 38.1 Å². The number of benzene rings is 1. The zero-order valence-electron chi connectivity index (χ0n) is 13.1. The van der Waals surface area contributed by atoms with Crippen LogP contribution in [0.1, 0.15) is 32.1 Å². The van der Waals surface area contributed by atoms with E-state index in [1.54, 1.807) is 6.07 Å². The smallest absolute Gasteiger partial charge is 0.231 e. The van der Waals surface area contributed by atoms with Gasteiger partial charge in [-0.15, -0.1) is 0 Å². The van der Waals surface area contributed by atoms with E-state index in [1.165, 1.54) is 23.5 Å². The van der Waals surface area contributed by atoms with Gasteiger partial charge in [-0.2, -0.15) is 0 Å². The number of anilines is 1. The van der Waals surface area contributed by atoms with Crippen LogP contribution in [-0.2, 0) is 9.59 Å². The quantitative estimate of drug-likeness (QED) is 0.928. The fraction of sp³-hybridized carbons (Fsp3) is 0.471. The van der Waals surface area contributed by atoms with Crippen LogP contribution >= 0.6 is 11.3 Å². The van der Waals surface area contributed by atoms with Gasteiger partial charge in [-0.1, -0.05) is 24.2 Å². The van der Waals surface area contributed by atoms with Gasteiger partial charge in [0.2, 0.25) is 11.8 Å². The van der Waals surface area contributed by atoms with Crippen molar-refractivity contribution in [2.75, 3.05) is 11.9 Å². The van der Waals surface area contributed by atoms with Gasteiger partial charge in [0.25, 0.3) is 0 Å². The Labute approximate surface area is 142 Å². The van der Waals surface area contributed by atoms with Gasteiger partial charge in [-0.05, 0) is 31.0 Å². The number of rotatable bonds is 3. The van der Waals surface area contributed by atoms with E-state index < -0.39 is 0 Å². The van der Waals surface area contributed by atoms with Crippen LogP contribution in [0.15, 0.2) is 18.2 Å². The third kappa shape index (κ3) is 2.88. The number of nitrogens with one attached hydrogen (secondary N) is 1. The molecule has 24 heavy (non-hydrogen) atoms. The fourth-order valence-corrected chi connectivity index (χ4v) is 4.53. The number of likely N-dealkylation sites (tertiary alicyclic amines) is 1. The summed E-state index contributed by atoms with van der Waals surface area (Å²) in [7, 11) is 0. The molecule has 126 valence electrons. The van der Waals surface area contributed by atoms with E-state index in [-0.39, 0.29) is 30.0 Å². The van der Waals surface area contributed by atoms with E-state index >= 15 is 0 Å². The van der Waals surface area contributed by atoms with Crippen LogP contribution in [0.5, 0.6) is 0 Å². The van der Waals surface area contributed by atoms with Crippen molar-refractivity contribution in [3.8, 4) is 0 Å². The minimum atomic E-state index is -0.332. The molecule has 0 unspecified atom stereocenters. The van der Waals surface area contributed by atoms with E-state index in [0.29, 0.717) is 27.9 Å². The Balaban J connectivity index is 1.44. The first-order chi connectivity index (χ1) is 11.6. The number of nitrogens with zero attached hydrogens (tertiary/aromatic N) is 2. The highest BCUT2D eigenvalue weighted by atomic mass is 32.1. The number of hydrogen-bond donors (Lipinski definition) is 1. The predicted molar refractivity (Wildman–Crippen MR) is 90.3 cm³/mol. The van der Waals surface area contributed by atoms with Crippen molar-refractivity contribution >= 4 is 38.5 Å². The lowest BCUT2D eigenvalue weighted by Gasteiger charge is -2.23. The molecule has 1 saturated heterocycles. The summed E-state index contributed by atoms with van der Waals surface area (Å²) in [6, 6.07) is 4.66. The summed E-state index contributed by atoms with van der Waals surface area (Å²) >= 11 is 1.24. The summed E-state index contributed by atoms with van der Waals surface area (Å²) in [5.74, 6) is -0.753. The Morgan fingerprint density at radius 2 is 2.12 bits per heavy atom. The largest absolute Gasteiger partial charge is 0.339 e. The van der Waals surface area contributed by atoms with Gasteiger partial charge in [-0.25, -0.2) is 9.37 Å². The van der Waals surface area contributed by atoms with Crippen LogP contribution in [-0.4, -0.2) is 34.3 Å². The molecule has 1 saturated carbocycles. The number of thiazole rings is 1. The van der Waals surface area contributed by atoms with Crippen LogP contribution < -0.4 is 5.32 Å². The molecule has 4 rings (SSSR count). The van der Waals surface area contributed by atoms with Crippen molar-refractivity contribution in [1.29, 1.82) is 0 Å². The van der Waals surface area contributed by atoms with Crippen LogP contribution in [0.25, 0.3) is 10.2 Å². The lowest BCUT2D eigenvalue weighted by Crippen LogP contribution is -2.35. The summed E-state index contributed by atoms with van der Waals surface area (Å²) < 4.78 is 13.9. The molecule has 5 nitrogen and oxygen atoms in total. The number of aromatic nitrogens is 1. The van der Waals surface area contributed by atoms with E-state index in [9.17, 15) is 14.0 Å². The molecule has 1 aliphatic carbocycles. The molecular formula is C17H18FN3O2S. The van der Waals surface area contributed by atoms with Gasteiger partial charge in [0.1, 0.15) is 5.82 Å². The van der Waals surface area contributed by atoms with E-state index in [0.717, 1.165) is 25.7 Å². The zero-order chi connectivity index (χ0) is 16.7. The van der Waals surface area contributed by atoms with Gasteiger partial charge in [0, 0.05) is 19.0 Å². The molecule has 2 aliphatic rings. The van der Waals surface area contributed by atoms with Crippen LogP contribution in [0.4, 0.5) is 9.52 Å². The number of amides is 2. The van der Waals surface area contributed by atoms with Gasteiger partial charge in [-0.3, -0.25) is 9.59 Å². The molecule has 1 aromatic heterocycles. The molecule has 1 aromatic carbocycles. The van der Waals surface area contributed by atoms with Crippen molar-refractivity contribution in [2.24, 2.45) is 5.92 Å². The highest BCUT2D eigenvalue weighted by Crippen LogP contribution is 2.31. The highest BCUT2D eigenvalue weighted by molar-refractivity contribution is 7.22. The van der Waals surface area contributed by atoms with E-state index in [1.807, 2.05) is 4.90 Å². The number of carbonyl (C=O) groups excluding carboxylic acids is 2. The Morgan fingerprint density at radius 1 is 1.33 bits per heavy atom. The van der Waals surface area contributed by atoms with Crippen LogP contribution in [0.3, 0.4) is 0 Å². The SMILES string of the molecule is O=C(Nc1nc2ccc(F)cc2s1)[C@@H]1CC(=O)N(C2CCCC2)C1. The van der Waals surface area contributed by atoms with Gasteiger partial charge >= 0.3 is 0 Å². The van der Waals surface area contributed by atoms with Crippen molar-refractivity contribution < 1.29 is 14.0 Å². The van der Waals surface area contributed by atoms with Gasteiger partial charge < -0.3 is 10.2 Å². The van der Waals surface area contributed by atoms with Crippen molar-refractivity contribution in [1.82, 2.24) is 9.88 Å². The normalized spacial score (nSPS) is 21.8. The molecule has 1 N–H and O–H groups in total. The number of carbonyl (C=O) groups is 2. The molecular weight excluding hydrogens is 329 g/mol. The highest BCUT2D eigenvalue weighted by Gasteiger charge is 2.38. The lowest BCUT2D eigenvalue weighted by molar-refractivity contribution is -0.129. The Hall–Kier alpha value is -2.02. The minimum absolute atomic E-state index is 0.0772. The molecule has 0 bridgehead atoms. The maximum Gasteiger partial charge on any atom is 0.231 e. The van der Waals surface area contributed by atoms with Crippen LogP contribution in [0, 0.1) is 11.7 Å².